The van der Waals surface area contributed by atoms with Crippen molar-refractivity contribution in [2.24, 2.45) is 5.10 Å². The summed E-state index contributed by atoms with van der Waals surface area (Å²) in [5, 5.41) is 4.07. The van der Waals surface area contributed by atoms with Gasteiger partial charge in [0.1, 0.15) is 6.54 Å². The van der Waals surface area contributed by atoms with Gasteiger partial charge in [0.05, 0.1) is 44.5 Å². The summed E-state index contributed by atoms with van der Waals surface area (Å²) in [6.45, 7) is -0.491. The van der Waals surface area contributed by atoms with E-state index in [1.54, 1.807) is 24.3 Å². The Morgan fingerprint density at radius 3 is 2.23 bits per heavy atom. The fourth-order valence-corrected chi connectivity index (χ4v) is 3.71. The standard InChI is InChI=1S/C19H22ClN3O6S/c1-27-16-9-13(10-17(28-2)19(16)29-3)11-21-22-18(24)12-23(30(4,25)26)15-8-6-5-7-14(15)20/h5-11H,12H2,1-4H3,(H,22,24)/b21-11-. The Morgan fingerprint density at radius 1 is 1.13 bits per heavy atom. The molecule has 162 valence electrons. The third-order valence-electron chi connectivity index (χ3n) is 3.90. The van der Waals surface area contributed by atoms with Crippen LogP contribution in [0.4, 0.5) is 5.69 Å². The topological polar surface area (TPSA) is 107 Å². The van der Waals surface area contributed by atoms with E-state index in [2.05, 4.69) is 10.5 Å². The van der Waals surface area contributed by atoms with Gasteiger partial charge in [-0.15, -0.1) is 0 Å². The van der Waals surface area contributed by atoms with Crippen LogP contribution in [0.15, 0.2) is 41.5 Å². The number of nitrogens with zero attached hydrogens (tertiary/aromatic N) is 2. The highest BCUT2D eigenvalue weighted by Gasteiger charge is 2.22. The van der Waals surface area contributed by atoms with Crippen molar-refractivity contribution in [1.82, 2.24) is 5.43 Å². The Morgan fingerprint density at radius 2 is 1.73 bits per heavy atom. The number of carbonyl (C=O) groups is 1. The van der Waals surface area contributed by atoms with E-state index in [0.29, 0.717) is 22.8 Å². The molecule has 0 aromatic heterocycles. The number of rotatable bonds is 9. The van der Waals surface area contributed by atoms with Gasteiger partial charge in [0.2, 0.25) is 15.8 Å². The van der Waals surface area contributed by atoms with Crippen LogP contribution in [-0.2, 0) is 14.8 Å². The molecule has 0 fully saturated rings. The molecule has 0 atom stereocenters. The Bertz CT molecular complexity index is 1020. The Kier molecular flexibility index (Phi) is 7.90. The van der Waals surface area contributed by atoms with Crippen LogP contribution in [0.1, 0.15) is 5.56 Å². The smallest absolute Gasteiger partial charge is 0.260 e. The number of hydrogen-bond donors (Lipinski definition) is 1. The van der Waals surface area contributed by atoms with Crippen LogP contribution in [0, 0.1) is 0 Å². The molecular weight excluding hydrogens is 434 g/mol. The second-order valence-electron chi connectivity index (χ2n) is 5.97. The van der Waals surface area contributed by atoms with E-state index < -0.39 is 22.5 Å². The first kappa shape index (κ1) is 23.3. The summed E-state index contributed by atoms with van der Waals surface area (Å²) in [5.41, 5.74) is 3.06. The molecule has 0 spiro atoms. The molecule has 0 radical (unpaired) electrons. The predicted octanol–water partition coefficient (Wildman–Crippen LogP) is 2.28. The Labute approximate surface area is 180 Å². The predicted molar refractivity (Wildman–Crippen MR) is 115 cm³/mol. The molecule has 2 aromatic rings. The van der Waals surface area contributed by atoms with Gasteiger partial charge in [-0.2, -0.15) is 5.10 Å². The van der Waals surface area contributed by atoms with Gasteiger partial charge < -0.3 is 14.2 Å². The highest BCUT2D eigenvalue weighted by Crippen LogP contribution is 2.37. The molecule has 0 unspecified atom stereocenters. The zero-order valence-electron chi connectivity index (χ0n) is 16.9. The number of ether oxygens (including phenoxy) is 3. The normalized spacial score (nSPS) is 11.2. The molecule has 9 nitrogen and oxygen atoms in total. The Balaban J connectivity index is 2.16. The summed E-state index contributed by atoms with van der Waals surface area (Å²) in [5.74, 6) is 0.618. The van der Waals surface area contributed by atoms with Gasteiger partial charge >= 0.3 is 0 Å². The fraction of sp³-hybridized carbons (Fsp3) is 0.263. The van der Waals surface area contributed by atoms with Gasteiger partial charge in [-0.3, -0.25) is 9.10 Å². The minimum atomic E-state index is -3.75. The van der Waals surface area contributed by atoms with Crippen molar-refractivity contribution in [3.63, 3.8) is 0 Å². The molecule has 11 heteroatoms. The first-order valence-electron chi connectivity index (χ1n) is 8.55. The van der Waals surface area contributed by atoms with Crippen LogP contribution in [0.3, 0.4) is 0 Å². The van der Waals surface area contributed by atoms with E-state index in [1.807, 2.05) is 0 Å². The summed E-state index contributed by atoms with van der Waals surface area (Å²) >= 11 is 6.07. The molecule has 2 aromatic carbocycles. The van der Waals surface area contributed by atoms with E-state index in [-0.39, 0.29) is 10.7 Å². The largest absolute Gasteiger partial charge is 0.493 e. The van der Waals surface area contributed by atoms with Crippen molar-refractivity contribution >= 4 is 39.4 Å². The number of para-hydroxylation sites is 1. The molecule has 0 saturated carbocycles. The Hall–Kier alpha value is -2.98. The highest BCUT2D eigenvalue weighted by atomic mass is 35.5. The highest BCUT2D eigenvalue weighted by molar-refractivity contribution is 7.92. The van der Waals surface area contributed by atoms with Crippen molar-refractivity contribution in [2.45, 2.75) is 0 Å². The first-order chi connectivity index (χ1) is 14.2. The summed E-state index contributed by atoms with van der Waals surface area (Å²) < 4.78 is 40.9. The number of nitrogens with one attached hydrogen (secondary N) is 1. The first-order valence-corrected chi connectivity index (χ1v) is 10.8. The van der Waals surface area contributed by atoms with Crippen molar-refractivity contribution < 1.29 is 27.4 Å². The third kappa shape index (κ3) is 5.77. The lowest BCUT2D eigenvalue weighted by molar-refractivity contribution is -0.119. The monoisotopic (exact) mass is 455 g/mol. The van der Waals surface area contributed by atoms with Crippen LogP contribution < -0.4 is 23.9 Å². The number of hydrazone groups is 1. The lowest BCUT2D eigenvalue weighted by atomic mass is 10.2. The number of hydrogen-bond acceptors (Lipinski definition) is 7. The maximum atomic E-state index is 12.3. The van der Waals surface area contributed by atoms with Gasteiger partial charge in [0, 0.05) is 5.56 Å². The van der Waals surface area contributed by atoms with E-state index in [4.69, 9.17) is 25.8 Å². The second kappa shape index (κ2) is 10.2. The van der Waals surface area contributed by atoms with E-state index >= 15 is 0 Å². The summed E-state index contributed by atoms with van der Waals surface area (Å²) in [6.07, 6.45) is 2.35. The molecule has 0 bridgehead atoms. The quantitative estimate of drug-likeness (QED) is 0.459. The zero-order chi connectivity index (χ0) is 22.3. The second-order valence-corrected chi connectivity index (χ2v) is 8.29. The molecule has 0 aliphatic heterocycles. The maximum Gasteiger partial charge on any atom is 0.260 e. The van der Waals surface area contributed by atoms with Crippen LogP contribution >= 0.6 is 11.6 Å². The summed E-state index contributed by atoms with van der Waals surface area (Å²) in [6, 6.07) is 9.62. The molecule has 0 aliphatic carbocycles. The number of halogens is 1. The number of amides is 1. The SMILES string of the molecule is COc1cc(/C=N\NC(=O)CN(c2ccccc2Cl)S(C)(=O)=O)cc(OC)c1OC. The number of methoxy groups -OCH3 is 3. The fourth-order valence-electron chi connectivity index (χ4n) is 2.56. The van der Waals surface area contributed by atoms with Crippen molar-refractivity contribution in [1.29, 1.82) is 0 Å². The number of sulfonamides is 1. The van der Waals surface area contributed by atoms with Crippen LogP contribution in [-0.4, -0.2) is 54.7 Å². The van der Waals surface area contributed by atoms with Crippen LogP contribution in [0.5, 0.6) is 17.2 Å². The summed E-state index contributed by atoms with van der Waals surface area (Å²) in [7, 11) is 0.699. The minimum absolute atomic E-state index is 0.199. The number of anilines is 1. The maximum absolute atomic E-state index is 12.3. The minimum Gasteiger partial charge on any atom is -0.493 e. The number of benzene rings is 2. The van der Waals surface area contributed by atoms with Crippen molar-refractivity contribution in [3.05, 3.63) is 47.0 Å². The molecular formula is C19H22ClN3O6S. The molecule has 1 amide bonds. The number of carbonyl (C=O) groups excluding carboxylic acids is 1. The summed E-state index contributed by atoms with van der Waals surface area (Å²) in [4.78, 5) is 12.3. The molecule has 1 N–H and O–H groups in total. The van der Waals surface area contributed by atoms with Crippen molar-refractivity contribution in [2.75, 3.05) is 38.4 Å². The van der Waals surface area contributed by atoms with Crippen LogP contribution in [0.25, 0.3) is 0 Å². The average molecular weight is 456 g/mol. The van der Waals surface area contributed by atoms with Crippen LogP contribution in [0.2, 0.25) is 5.02 Å². The van der Waals surface area contributed by atoms with E-state index in [0.717, 1.165) is 10.6 Å². The van der Waals surface area contributed by atoms with Gasteiger partial charge in [0.25, 0.3) is 5.91 Å². The lowest BCUT2D eigenvalue weighted by Gasteiger charge is -2.22. The van der Waals surface area contributed by atoms with E-state index in [9.17, 15) is 13.2 Å². The molecule has 0 heterocycles. The zero-order valence-corrected chi connectivity index (χ0v) is 18.5. The van der Waals surface area contributed by atoms with Gasteiger partial charge in [-0.1, -0.05) is 23.7 Å². The van der Waals surface area contributed by atoms with Gasteiger partial charge in [0.15, 0.2) is 11.5 Å². The van der Waals surface area contributed by atoms with Gasteiger partial charge in [-0.05, 0) is 24.3 Å². The molecule has 0 saturated heterocycles. The molecule has 30 heavy (non-hydrogen) atoms. The lowest BCUT2D eigenvalue weighted by Crippen LogP contribution is -2.39. The molecule has 0 aliphatic rings. The van der Waals surface area contributed by atoms with E-state index in [1.165, 1.54) is 39.7 Å². The third-order valence-corrected chi connectivity index (χ3v) is 5.34. The average Bonchev–Trinajstić information content (AvgIpc) is 2.71. The van der Waals surface area contributed by atoms with Gasteiger partial charge in [-0.25, -0.2) is 13.8 Å². The van der Waals surface area contributed by atoms with Crippen molar-refractivity contribution in [3.8, 4) is 17.2 Å². The molecule has 2 rings (SSSR count).